The average Bonchev–Trinajstić information content (AvgIpc) is 3.47. The molecule has 0 bridgehead atoms. The highest BCUT2D eigenvalue weighted by Crippen LogP contribution is 2.26. The number of benzene rings is 2. The van der Waals surface area contributed by atoms with Crippen molar-refractivity contribution in [2.45, 2.75) is 31.7 Å². The maximum absolute atomic E-state index is 12.9. The van der Waals surface area contributed by atoms with Crippen LogP contribution < -0.4 is 10.1 Å². The van der Waals surface area contributed by atoms with Gasteiger partial charge in [0.25, 0.3) is 5.91 Å². The van der Waals surface area contributed by atoms with Crippen molar-refractivity contribution in [2.24, 2.45) is 0 Å². The minimum Gasteiger partial charge on any atom is -0.480 e. The molecule has 1 aliphatic heterocycles. The second-order valence-electron chi connectivity index (χ2n) is 8.87. The molecule has 0 aliphatic carbocycles. The Balaban J connectivity index is 1.17. The van der Waals surface area contributed by atoms with Crippen LogP contribution in [0.25, 0.3) is 5.65 Å². The van der Waals surface area contributed by atoms with Crippen LogP contribution in [0, 0.1) is 0 Å². The van der Waals surface area contributed by atoms with Gasteiger partial charge in [0, 0.05) is 50.0 Å². The number of carbonyl (C=O) groups is 2. The number of hydrogen-bond acceptors (Lipinski definition) is 6. The summed E-state index contributed by atoms with van der Waals surface area (Å²) in [6.07, 6.45) is 1.54. The van der Waals surface area contributed by atoms with E-state index in [4.69, 9.17) is 4.74 Å². The molecular formula is C27H28N6O3. The predicted octanol–water partition coefficient (Wildman–Crippen LogP) is 3.01. The van der Waals surface area contributed by atoms with Gasteiger partial charge in [-0.15, -0.1) is 15.3 Å². The van der Waals surface area contributed by atoms with Gasteiger partial charge in [-0.3, -0.25) is 9.59 Å². The quantitative estimate of drug-likeness (QED) is 0.371. The molecule has 0 radical (unpaired) electrons. The van der Waals surface area contributed by atoms with Crippen LogP contribution in [0.4, 0.5) is 0 Å². The lowest BCUT2D eigenvalue weighted by atomic mass is 9.98. The van der Waals surface area contributed by atoms with Crippen LogP contribution in [0.3, 0.4) is 0 Å². The van der Waals surface area contributed by atoms with E-state index in [1.165, 1.54) is 0 Å². The molecule has 9 nitrogen and oxygen atoms in total. The monoisotopic (exact) mass is 484 g/mol. The lowest BCUT2D eigenvalue weighted by Crippen LogP contribution is -2.35. The third-order valence-corrected chi connectivity index (χ3v) is 6.47. The predicted molar refractivity (Wildman–Crippen MR) is 134 cm³/mol. The molecule has 1 atom stereocenters. The summed E-state index contributed by atoms with van der Waals surface area (Å²) in [6, 6.07) is 21.3. The van der Waals surface area contributed by atoms with Crippen LogP contribution in [-0.2, 0) is 17.8 Å². The van der Waals surface area contributed by atoms with Crippen molar-refractivity contribution in [3.8, 4) is 5.88 Å². The summed E-state index contributed by atoms with van der Waals surface area (Å²) in [5, 5.41) is 15.7. The van der Waals surface area contributed by atoms with E-state index >= 15 is 0 Å². The van der Waals surface area contributed by atoms with Crippen LogP contribution in [-0.4, -0.2) is 56.7 Å². The fraction of sp³-hybridized carbons (Fsp3) is 0.296. The first-order chi connectivity index (χ1) is 17.6. The number of nitrogens with zero attached hydrogens (tertiary/aromatic N) is 5. The molecule has 184 valence electrons. The molecular weight excluding hydrogens is 456 g/mol. The lowest BCUT2D eigenvalue weighted by molar-refractivity contribution is -0.121. The van der Waals surface area contributed by atoms with Gasteiger partial charge in [-0.2, -0.15) is 4.52 Å². The molecule has 0 spiro atoms. The number of aryl methyl sites for hydroxylation is 1. The molecule has 0 unspecified atom stereocenters. The van der Waals surface area contributed by atoms with Crippen LogP contribution in [0.2, 0.25) is 0 Å². The number of methoxy groups -OCH3 is 1. The molecule has 4 aromatic rings. The molecule has 2 aromatic heterocycles. The van der Waals surface area contributed by atoms with Crippen molar-refractivity contribution in [3.63, 3.8) is 0 Å². The number of ether oxygens (including phenoxy) is 1. The number of carbonyl (C=O) groups excluding carboxylic acids is 2. The first-order valence-corrected chi connectivity index (χ1v) is 12.1. The van der Waals surface area contributed by atoms with Crippen molar-refractivity contribution in [2.75, 3.05) is 20.2 Å². The zero-order chi connectivity index (χ0) is 24.9. The molecule has 2 amide bonds. The van der Waals surface area contributed by atoms with Crippen LogP contribution >= 0.6 is 0 Å². The number of fused-ring (bicyclic) bond motifs is 2. The van der Waals surface area contributed by atoms with Gasteiger partial charge in [-0.1, -0.05) is 48.5 Å². The fourth-order valence-corrected chi connectivity index (χ4v) is 4.55. The number of aromatic nitrogens is 4. The lowest BCUT2D eigenvalue weighted by Gasteiger charge is -2.24. The van der Waals surface area contributed by atoms with E-state index in [1.54, 1.807) is 23.8 Å². The summed E-state index contributed by atoms with van der Waals surface area (Å²) >= 11 is 0. The smallest absolute Gasteiger partial charge is 0.254 e. The summed E-state index contributed by atoms with van der Waals surface area (Å²) < 4.78 is 6.82. The van der Waals surface area contributed by atoms with Gasteiger partial charge in [-0.05, 0) is 29.7 Å². The van der Waals surface area contributed by atoms with E-state index in [0.29, 0.717) is 56.2 Å². The Labute approximate surface area is 209 Å². The second kappa shape index (κ2) is 10.6. The van der Waals surface area contributed by atoms with Crippen molar-refractivity contribution >= 4 is 17.5 Å². The zero-order valence-corrected chi connectivity index (χ0v) is 20.1. The summed E-state index contributed by atoms with van der Waals surface area (Å²) in [5.74, 6) is 1.17. The minimum absolute atomic E-state index is 0.00878. The summed E-state index contributed by atoms with van der Waals surface area (Å²) in [5.41, 5.74) is 3.55. The summed E-state index contributed by atoms with van der Waals surface area (Å²) in [6.45, 7) is 1.59. The third-order valence-electron chi connectivity index (χ3n) is 6.47. The number of nitrogens with one attached hydrogen (secondary N) is 1. The molecule has 0 saturated heterocycles. The summed E-state index contributed by atoms with van der Waals surface area (Å²) in [4.78, 5) is 27.5. The summed E-state index contributed by atoms with van der Waals surface area (Å²) in [7, 11) is 1.56. The highest BCUT2D eigenvalue weighted by atomic mass is 16.5. The van der Waals surface area contributed by atoms with E-state index in [2.05, 4.69) is 20.6 Å². The Kier molecular flexibility index (Phi) is 6.88. The maximum atomic E-state index is 12.9. The zero-order valence-electron chi connectivity index (χ0n) is 20.1. The third kappa shape index (κ3) is 5.05. The van der Waals surface area contributed by atoms with E-state index in [9.17, 15) is 9.59 Å². The molecule has 36 heavy (non-hydrogen) atoms. The number of hydrogen-bond donors (Lipinski definition) is 1. The van der Waals surface area contributed by atoms with Gasteiger partial charge < -0.3 is 15.0 Å². The van der Waals surface area contributed by atoms with Crippen molar-refractivity contribution in [1.82, 2.24) is 30.0 Å². The van der Waals surface area contributed by atoms with Crippen molar-refractivity contribution < 1.29 is 14.3 Å². The van der Waals surface area contributed by atoms with Gasteiger partial charge in [0.2, 0.25) is 11.8 Å². The molecule has 3 heterocycles. The van der Waals surface area contributed by atoms with Crippen LogP contribution in [0.15, 0.2) is 66.7 Å². The Hall–Kier alpha value is -4.27. The average molecular weight is 485 g/mol. The minimum atomic E-state index is -0.0358. The number of amides is 2. The van der Waals surface area contributed by atoms with E-state index in [0.717, 1.165) is 16.7 Å². The van der Waals surface area contributed by atoms with E-state index < -0.39 is 0 Å². The first kappa shape index (κ1) is 23.5. The maximum Gasteiger partial charge on any atom is 0.254 e. The van der Waals surface area contributed by atoms with Gasteiger partial charge in [-0.25, -0.2) is 0 Å². The van der Waals surface area contributed by atoms with Crippen molar-refractivity contribution in [1.29, 1.82) is 0 Å². The molecule has 1 aliphatic rings. The van der Waals surface area contributed by atoms with Gasteiger partial charge >= 0.3 is 0 Å². The Morgan fingerprint density at radius 3 is 2.67 bits per heavy atom. The molecule has 1 N–H and O–H groups in total. The Morgan fingerprint density at radius 2 is 1.86 bits per heavy atom. The molecule has 2 aromatic carbocycles. The Bertz CT molecular complexity index is 1370. The topological polar surface area (TPSA) is 102 Å². The van der Waals surface area contributed by atoms with Crippen molar-refractivity contribution in [3.05, 3.63) is 89.2 Å². The van der Waals surface area contributed by atoms with E-state index in [-0.39, 0.29) is 17.7 Å². The van der Waals surface area contributed by atoms with Gasteiger partial charge in [0.1, 0.15) is 0 Å². The van der Waals surface area contributed by atoms with E-state index in [1.807, 2.05) is 59.5 Å². The molecule has 0 saturated carbocycles. The van der Waals surface area contributed by atoms with Crippen LogP contribution in [0.5, 0.6) is 5.88 Å². The fourth-order valence-electron chi connectivity index (χ4n) is 4.55. The molecule has 5 rings (SSSR count). The number of rotatable bonds is 10. The highest BCUT2D eigenvalue weighted by molar-refractivity contribution is 5.98. The molecule has 0 fully saturated rings. The molecule has 9 heteroatoms. The SMILES string of the molecule is COc1ccc2nnc(CCCC(=O)NC[C@@H](CN3Cc4ccccc4C3=O)c3ccccc3)n2n1. The second-order valence-corrected chi connectivity index (χ2v) is 8.87. The largest absolute Gasteiger partial charge is 0.480 e. The van der Waals surface area contributed by atoms with Crippen LogP contribution in [0.1, 0.15) is 46.1 Å². The normalized spacial score (nSPS) is 13.6. The standard InChI is InChI=1S/C27H28N6O3/c1-36-26-15-14-24-30-29-23(33(24)31-26)12-7-13-25(34)28-16-21(19-8-3-2-4-9-19)18-32-17-20-10-5-6-11-22(20)27(32)35/h2-6,8-11,14-15,21H,7,12-13,16-18H2,1H3,(H,28,34)/t21-/m0/s1. The first-order valence-electron chi connectivity index (χ1n) is 12.1. The Morgan fingerprint density at radius 1 is 1.06 bits per heavy atom. The van der Waals surface area contributed by atoms with Gasteiger partial charge in [0.05, 0.1) is 7.11 Å². The highest BCUT2D eigenvalue weighted by Gasteiger charge is 2.29. The van der Waals surface area contributed by atoms with Gasteiger partial charge in [0.15, 0.2) is 11.5 Å².